The van der Waals surface area contributed by atoms with E-state index in [1.54, 1.807) is 6.07 Å². The maximum absolute atomic E-state index is 12.7. The molecule has 2 heterocycles. The molecule has 0 unspecified atom stereocenters. The Morgan fingerprint density at radius 3 is 2.71 bits per heavy atom. The maximum atomic E-state index is 12.7. The van der Waals surface area contributed by atoms with Gasteiger partial charge in [0.1, 0.15) is 6.33 Å². The third kappa shape index (κ3) is 3.01. The molecule has 0 atom stereocenters. The first-order valence-corrected chi connectivity index (χ1v) is 7.39. The van der Waals surface area contributed by atoms with E-state index in [0.717, 1.165) is 26.1 Å². The molecule has 0 saturated carbocycles. The molecule has 1 aromatic carbocycles. The number of nitrogens with zero attached hydrogens (tertiary/aromatic N) is 2. The molecule has 0 aliphatic heterocycles. The number of rotatable bonds is 2. The smallest absolute Gasteiger partial charge is 0.339 e. The van der Waals surface area contributed by atoms with E-state index < -0.39 is 11.7 Å². The summed E-state index contributed by atoms with van der Waals surface area (Å²) >= 11 is 4.77. The van der Waals surface area contributed by atoms with E-state index in [1.807, 2.05) is 6.07 Å². The van der Waals surface area contributed by atoms with Crippen molar-refractivity contribution in [2.75, 3.05) is 5.32 Å². The van der Waals surface area contributed by atoms with Crippen LogP contribution in [0.15, 0.2) is 40.4 Å². The lowest BCUT2D eigenvalue weighted by atomic mass is 10.2. The Bertz CT molecular complexity index is 801. The van der Waals surface area contributed by atoms with Crippen LogP contribution in [0.1, 0.15) is 5.56 Å². The van der Waals surface area contributed by atoms with Crippen LogP contribution in [0.25, 0.3) is 10.2 Å². The van der Waals surface area contributed by atoms with Crippen LogP contribution in [0.5, 0.6) is 0 Å². The van der Waals surface area contributed by atoms with Crippen molar-refractivity contribution in [3.8, 4) is 0 Å². The van der Waals surface area contributed by atoms with Crippen LogP contribution in [0.2, 0.25) is 0 Å². The van der Waals surface area contributed by atoms with Gasteiger partial charge in [-0.25, -0.2) is 9.97 Å². The van der Waals surface area contributed by atoms with Gasteiger partial charge in [-0.2, -0.15) is 13.2 Å². The predicted octanol–water partition coefficient (Wildman–Crippen LogP) is 5.22. The number of benzene rings is 1. The standard InChI is InChI=1S/C13H7BrF3N3S/c14-10-5-9-11(21-10)12(19-6-18-9)20-8-3-1-2-7(4-8)13(15,16)17/h1-6H,(H,18,19,20). The van der Waals surface area contributed by atoms with Crippen LogP contribution in [0.4, 0.5) is 24.7 Å². The molecule has 0 bridgehead atoms. The second-order valence-electron chi connectivity index (χ2n) is 4.19. The van der Waals surface area contributed by atoms with Gasteiger partial charge in [0.15, 0.2) is 5.82 Å². The molecule has 21 heavy (non-hydrogen) atoms. The van der Waals surface area contributed by atoms with E-state index in [1.165, 1.54) is 23.7 Å². The third-order valence-corrected chi connectivity index (χ3v) is 4.37. The Morgan fingerprint density at radius 2 is 1.95 bits per heavy atom. The summed E-state index contributed by atoms with van der Waals surface area (Å²) < 4.78 is 39.8. The van der Waals surface area contributed by atoms with Crippen molar-refractivity contribution >= 4 is 49.0 Å². The van der Waals surface area contributed by atoms with Gasteiger partial charge < -0.3 is 5.32 Å². The number of thiophene rings is 1. The number of anilines is 2. The lowest BCUT2D eigenvalue weighted by Gasteiger charge is -2.10. The highest BCUT2D eigenvalue weighted by Crippen LogP contribution is 2.35. The topological polar surface area (TPSA) is 37.8 Å². The number of hydrogen-bond donors (Lipinski definition) is 1. The zero-order valence-electron chi connectivity index (χ0n) is 10.3. The number of fused-ring (bicyclic) bond motifs is 1. The summed E-state index contributed by atoms with van der Waals surface area (Å²) in [5.74, 6) is 0.482. The second-order valence-corrected chi connectivity index (χ2v) is 6.62. The molecule has 0 aliphatic rings. The first-order valence-electron chi connectivity index (χ1n) is 5.78. The zero-order chi connectivity index (χ0) is 15.0. The molecule has 0 saturated heterocycles. The lowest BCUT2D eigenvalue weighted by molar-refractivity contribution is -0.137. The third-order valence-electron chi connectivity index (χ3n) is 2.73. The zero-order valence-corrected chi connectivity index (χ0v) is 12.7. The van der Waals surface area contributed by atoms with Crippen LogP contribution in [-0.2, 0) is 6.18 Å². The summed E-state index contributed by atoms with van der Waals surface area (Å²) in [7, 11) is 0. The van der Waals surface area contributed by atoms with Crippen LogP contribution >= 0.6 is 27.3 Å². The monoisotopic (exact) mass is 373 g/mol. The molecule has 3 aromatic rings. The van der Waals surface area contributed by atoms with Crippen molar-refractivity contribution in [2.45, 2.75) is 6.18 Å². The van der Waals surface area contributed by atoms with Gasteiger partial charge in [0.05, 0.1) is 19.6 Å². The van der Waals surface area contributed by atoms with E-state index in [0.29, 0.717) is 11.5 Å². The quantitative estimate of drug-likeness (QED) is 0.669. The minimum atomic E-state index is -4.37. The summed E-state index contributed by atoms with van der Waals surface area (Å²) in [6.45, 7) is 0. The molecule has 108 valence electrons. The van der Waals surface area contributed by atoms with Crippen molar-refractivity contribution in [1.82, 2.24) is 9.97 Å². The van der Waals surface area contributed by atoms with Gasteiger partial charge in [0.2, 0.25) is 0 Å². The average Bonchev–Trinajstić information content (AvgIpc) is 2.80. The maximum Gasteiger partial charge on any atom is 0.416 e. The van der Waals surface area contributed by atoms with Crippen LogP contribution in [0, 0.1) is 0 Å². The van der Waals surface area contributed by atoms with E-state index in [9.17, 15) is 13.2 Å². The van der Waals surface area contributed by atoms with Crippen molar-refractivity contribution in [3.05, 3.63) is 46.0 Å². The molecule has 2 aromatic heterocycles. The number of aromatic nitrogens is 2. The van der Waals surface area contributed by atoms with Crippen LogP contribution < -0.4 is 5.32 Å². The van der Waals surface area contributed by atoms with Gasteiger partial charge in [0.25, 0.3) is 0 Å². The normalized spacial score (nSPS) is 11.8. The van der Waals surface area contributed by atoms with Gasteiger partial charge in [-0.05, 0) is 40.2 Å². The van der Waals surface area contributed by atoms with E-state index in [2.05, 4.69) is 31.2 Å². The lowest BCUT2D eigenvalue weighted by Crippen LogP contribution is -2.05. The molecular formula is C13H7BrF3N3S. The minimum Gasteiger partial charge on any atom is -0.339 e. The summed E-state index contributed by atoms with van der Waals surface area (Å²) in [6.07, 6.45) is -3.00. The largest absolute Gasteiger partial charge is 0.416 e. The van der Waals surface area contributed by atoms with E-state index >= 15 is 0 Å². The Labute approximate surface area is 130 Å². The van der Waals surface area contributed by atoms with Crippen molar-refractivity contribution in [2.24, 2.45) is 0 Å². The number of alkyl halides is 3. The Hall–Kier alpha value is -1.67. The SMILES string of the molecule is FC(F)(F)c1cccc(Nc2ncnc3cc(Br)sc23)c1. The Kier molecular flexibility index (Phi) is 3.58. The molecule has 0 fully saturated rings. The fourth-order valence-corrected chi connectivity index (χ4v) is 3.31. The summed E-state index contributed by atoms with van der Waals surface area (Å²) in [4.78, 5) is 8.20. The fraction of sp³-hybridized carbons (Fsp3) is 0.0769. The number of nitrogens with one attached hydrogen (secondary N) is 1. The summed E-state index contributed by atoms with van der Waals surface area (Å²) in [6, 6.07) is 6.83. The first kappa shape index (κ1) is 14.3. The predicted molar refractivity (Wildman–Crippen MR) is 79.8 cm³/mol. The second kappa shape index (κ2) is 5.27. The summed E-state index contributed by atoms with van der Waals surface area (Å²) in [5.41, 5.74) is 0.357. The number of halogens is 4. The van der Waals surface area contributed by atoms with Crippen molar-refractivity contribution < 1.29 is 13.2 Å². The van der Waals surface area contributed by atoms with E-state index in [4.69, 9.17) is 0 Å². The Balaban J connectivity index is 1.99. The fourth-order valence-electron chi connectivity index (χ4n) is 1.82. The highest BCUT2D eigenvalue weighted by Gasteiger charge is 2.30. The highest BCUT2D eigenvalue weighted by atomic mass is 79.9. The summed E-state index contributed by atoms with van der Waals surface area (Å²) in [5, 5.41) is 2.91. The molecular weight excluding hydrogens is 367 g/mol. The number of hydrogen-bond acceptors (Lipinski definition) is 4. The molecule has 1 N–H and O–H groups in total. The van der Waals surface area contributed by atoms with Gasteiger partial charge in [-0.1, -0.05) is 6.07 Å². The van der Waals surface area contributed by atoms with E-state index in [-0.39, 0.29) is 0 Å². The highest BCUT2D eigenvalue weighted by molar-refractivity contribution is 9.11. The van der Waals surface area contributed by atoms with Gasteiger partial charge in [-0.3, -0.25) is 0 Å². The van der Waals surface area contributed by atoms with Gasteiger partial charge >= 0.3 is 6.18 Å². The molecule has 0 amide bonds. The Morgan fingerprint density at radius 1 is 1.14 bits per heavy atom. The molecule has 8 heteroatoms. The van der Waals surface area contributed by atoms with Crippen LogP contribution in [-0.4, -0.2) is 9.97 Å². The molecule has 0 spiro atoms. The molecule has 3 rings (SSSR count). The average molecular weight is 374 g/mol. The molecule has 0 radical (unpaired) electrons. The minimum absolute atomic E-state index is 0.328. The van der Waals surface area contributed by atoms with Gasteiger partial charge in [0, 0.05) is 5.69 Å². The molecule has 3 nitrogen and oxygen atoms in total. The molecule has 0 aliphatic carbocycles. The first-order chi connectivity index (χ1) is 9.93. The van der Waals surface area contributed by atoms with Crippen LogP contribution in [0.3, 0.4) is 0 Å². The van der Waals surface area contributed by atoms with Crippen molar-refractivity contribution in [1.29, 1.82) is 0 Å². The van der Waals surface area contributed by atoms with Gasteiger partial charge in [-0.15, -0.1) is 11.3 Å². The van der Waals surface area contributed by atoms with Crippen molar-refractivity contribution in [3.63, 3.8) is 0 Å².